The first kappa shape index (κ1) is 20.1. The smallest absolute Gasteiger partial charge is 0.233 e. The van der Waals surface area contributed by atoms with Crippen LogP contribution >= 0.6 is 0 Å². The van der Waals surface area contributed by atoms with E-state index in [1.807, 2.05) is 30.4 Å². The van der Waals surface area contributed by atoms with Gasteiger partial charge in [0, 0.05) is 13.0 Å². The second kappa shape index (κ2) is 7.78. The number of imide groups is 1. The quantitative estimate of drug-likeness (QED) is 0.624. The van der Waals surface area contributed by atoms with Gasteiger partial charge in [0.15, 0.2) is 0 Å². The second-order valence-corrected chi connectivity index (χ2v) is 8.45. The maximum atomic E-state index is 12.5. The fourth-order valence-corrected chi connectivity index (χ4v) is 3.79. The Morgan fingerprint density at radius 3 is 2.29 bits per heavy atom. The van der Waals surface area contributed by atoms with Crippen LogP contribution in [-0.2, 0) is 19.8 Å². The number of carbonyl (C=O) groups is 3. The number of carbonyl (C=O) groups excluding carboxylic acids is 3. The number of rotatable bonds is 5. The highest BCUT2D eigenvalue weighted by Crippen LogP contribution is 2.35. The maximum Gasteiger partial charge on any atom is 0.233 e. The Bertz CT molecular complexity index is 796. The molecule has 0 unspecified atom stereocenters. The number of hydrogen-bond donors (Lipinski definition) is 1. The van der Waals surface area contributed by atoms with E-state index in [0.29, 0.717) is 24.3 Å². The van der Waals surface area contributed by atoms with Gasteiger partial charge in [-0.05, 0) is 36.0 Å². The number of nitrogens with zero attached hydrogens (tertiary/aromatic N) is 1. The first-order valence-corrected chi connectivity index (χ1v) is 9.71. The molecule has 1 aliphatic heterocycles. The van der Waals surface area contributed by atoms with Crippen molar-refractivity contribution in [1.29, 1.82) is 0 Å². The van der Waals surface area contributed by atoms with Crippen molar-refractivity contribution in [2.75, 3.05) is 19.0 Å². The van der Waals surface area contributed by atoms with Crippen molar-refractivity contribution >= 4 is 23.4 Å². The van der Waals surface area contributed by atoms with Crippen molar-refractivity contribution in [1.82, 2.24) is 4.90 Å². The molecule has 2 atom stereocenters. The Hall–Kier alpha value is -2.63. The third kappa shape index (κ3) is 3.96. The van der Waals surface area contributed by atoms with Gasteiger partial charge < -0.3 is 10.1 Å². The van der Waals surface area contributed by atoms with E-state index in [2.05, 4.69) is 26.1 Å². The Morgan fingerprint density at radius 2 is 1.75 bits per heavy atom. The summed E-state index contributed by atoms with van der Waals surface area (Å²) in [5.41, 5.74) is 1.60. The normalized spacial score (nSPS) is 21.6. The van der Waals surface area contributed by atoms with Crippen molar-refractivity contribution in [2.45, 2.75) is 45.4 Å². The molecule has 1 saturated heterocycles. The molecule has 6 heteroatoms. The van der Waals surface area contributed by atoms with Crippen LogP contribution in [0.15, 0.2) is 30.4 Å². The fourth-order valence-electron chi connectivity index (χ4n) is 3.79. The zero-order valence-electron chi connectivity index (χ0n) is 17.0. The summed E-state index contributed by atoms with van der Waals surface area (Å²) in [5.74, 6) is -0.503. The molecule has 0 radical (unpaired) electrons. The third-order valence-corrected chi connectivity index (χ3v) is 5.50. The van der Waals surface area contributed by atoms with Crippen LogP contribution in [0.3, 0.4) is 0 Å². The Morgan fingerprint density at radius 1 is 1.14 bits per heavy atom. The number of anilines is 1. The Labute approximate surface area is 165 Å². The molecule has 3 rings (SSSR count). The lowest BCUT2D eigenvalue weighted by Gasteiger charge is -2.21. The monoisotopic (exact) mass is 384 g/mol. The molecule has 0 spiro atoms. The summed E-state index contributed by atoms with van der Waals surface area (Å²) in [6.45, 7) is 6.40. The lowest BCUT2D eigenvalue weighted by atomic mass is 9.85. The summed E-state index contributed by atoms with van der Waals surface area (Å²) in [6.07, 6.45) is 5.19. The number of nitrogens with one attached hydrogen (secondary N) is 1. The number of ether oxygens (including phenoxy) is 1. The van der Waals surface area contributed by atoms with E-state index >= 15 is 0 Å². The van der Waals surface area contributed by atoms with Crippen LogP contribution in [0.2, 0.25) is 0 Å². The highest BCUT2D eigenvalue weighted by Gasteiger charge is 2.46. The van der Waals surface area contributed by atoms with Gasteiger partial charge in [0.05, 0.1) is 24.6 Å². The van der Waals surface area contributed by atoms with Gasteiger partial charge in [0.1, 0.15) is 5.75 Å². The van der Waals surface area contributed by atoms with Crippen LogP contribution in [0, 0.1) is 11.8 Å². The van der Waals surface area contributed by atoms with Gasteiger partial charge in [-0.15, -0.1) is 0 Å². The highest BCUT2D eigenvalue weighted by molar-refractivity contribution is 6.06. The first-order chi connectivity index (χ1) is 13.2. The number of likely N-dealkylation sites (tertiary alicyclic amines) is 1. The zero-order chi connectivity index (χ0) is 20.5. The SMILES string of the molecule is COc1ccc(C(C)(C)C)cc1NC(=O)CCN1C(=O)[C@H]2CC=CC[C@H]2C1=O. The summed E-state index contributed by atoms with van der Waals surface area (Å²) in [4.78, 5) is 38.7. The summed E-state index contributed by atoms with van der Waals surface area (Å²) in [6, 6.07) is 5.72. The van der Waals surface area contributed by atoms with Crippen LogP contribution in [0.1, 0.15) is 45.6 Å². The molecule has 1 N–H and O–H groups in total. The van der Waals surface area contributed by atoms with Gasteiger partial charge in [-0.25, -0.2) is 0 Å². The van der Waals surface area contributed by atoms with E-state index in [1.54, 1.807) is 7.11 Å². The fraction of sp³-hybridized carbons (Fsp3) is 0.500. The number of allylic oxidation sites excluding steroid dienone is 2. The summed E-state index contributed by atoms with van der Waals surface area (Å²) >= 11 is 0. The number of methoxy groups -OCH3 is 1. The molecule has 0 saturated carbocycles. The van der Waals surface area contributed by atoms with Crippen molar-refractivity contribution in [3.8, 4) is 5.75 Å². The zero-order valence-corrected chi connectivity index (χ0v) is 17.0. The van der Waals surface area contributed by atoms with Crippen molar-refractivity contribution in [2.24, 2.45) is 11.8 Å². The molecule has 28 heavy (non-hydrogen) atoms. The molecule has 6 nitrogen and oxygen atoms in total. The molecule has 0 bridgehead atoms. The van der Waals surface area contributed by atoms with Gasteiger partial charge in [-0.1, -0.05) is 39.0 Å². The number of benzene rings is 1. The van der Waals surface area contributed by atoms with Crippen molar-refractivity contribution in [3.63, 3.8) is 0 Å². The lowest BCUT2D eigenvalue weighted by Crippen LogP contribution is -2.34. The minimum atomic E-state index is -0.260. The molecule has 1 aromatic carbocycles. The van der Waals surface area contributed by atoms with Crippen molar-refractivity contribution in [3.05, 3.63) is 35.9 Å². The van der Waals surface area contributed by atoms with E-state index in [-0.39, 0.29) is 47.9 Å². The minimum absolute atomic E-state index is 0.0627. The maximum absolute atomic E-state index is 12.5. The predicted molar refractivity (Wildman–Crippen MR) is 107 cm³/mol. The summed E-state index contributed by atoms with van der Waals surface area (Å²) in [7, 11) is 1.55. The molecule has 1 fully saturated rings. The largest absolute Gasteiger partial charge is 0.495 e. The van der Waals surface area contributed by atoms with Gasteiger partial charge in [0.25, 0.3) is 0 Å². The van der Waals surface area contributed by atoms with Gasteiger partial charge in [0.2, 0.25) is 17.7 Å². The number of hydrogen-bond acceptors (Lipinski definition) is 4. The van der Waals surface area contributed by atoms with Crippen LogP contribution in [0.4, 0.5) is 5.69 Å². The molecule has 3 amide bonds. The topological polar surface area (TPSA) is 75.7 Å². The molecular formula is C22H28N2O4. The Kier molecular flexibility index (Phi) is 5.59. The lowest BCUT2D eigenvalue weighted by molar-refractivity contribution is -0.140. The van der Waals surface area contributed by atoms with Gasteiger partial charge in [-0.2, -0.15) is 0 Å². The highest BCUT2D eigenvalue weighted by atomic mass is 16.5. The molecule has 2 aliphatic rings. The molecule has 1 aliphatic carbocycles. The van der Waals surface area contributed by atoms with E-state index < -0.39 is 0 Å². The summed E-state index contributed by atoms with van der Waals surface area (Å²) in [5, 5.41) is 2.86. The summed E-state index contributed by atoms with van der Waals surface area (Å²) < 4.78 is 5.35. The van der Waals surface area contributed by atoms with Crippen molar-refractivity contribution < 1.29 is 19.1 Å². The minimum Gasteiger partial charge on any atom is -0.495 e. The molecule has 0 aromatic heterocycles. The predicted octanol–water partition coefficient (Wildman–Crippen LogP) is 3.27. The van der Waals surface area contributed by atoms with E-state index in [0.717, 1.165) is 5.56 Å². The van der Waals surface area contributed by atoms with Crippen LogP contribution < -0.4 is 10.1 Å². The van der Waals surface area contributed by atoms with Gasteiger partial charge in [-0.3, -0.25) is 19.3 Å². The van der Waals surface area contributed by atoms with Crippen LogP contribution in [0.5, 0.6) is 5.75 Å². The molecular weight excluding hydrogens is 356 g/mol. The van der Waals surface area contributed by atoms with E-state index in [1.165, 1.54) is 4.90 Å². The molecule has 1 aromatic rings. The van der Waals surface area contributed by atoms with Crippen LogP contribution in [-0.4, -0.2) is 36.3 Å². The number of amides is 3. The molecule has 1 heterocycles. The average Bonchev–Trinajstić information content (AvgIpc) is 2.90. The average molecular weight is 384 g/mol. The van der Waals surface area contributed by atoms with Gasteiger partial charge >= 0.3 is 0 Å². The molecule has 150 valence electrons. The third-order valence-electron chi connectivity index (χ3n) is 5.50. The first-order valence-electron chi connectivity index (χ1n) is 9.71. The number of fused-ring (bicyclic) bond motifs is 1. The van der Waals surface area contributed by atoms with E-state index in [9.17, 15) is 14.4 Å². The Balaban J connectivity index is 1.65. The second-order valence-electron chi connectivity index (χ2n) is 8.45. The van der Waals surface area contributed by atoms with E-state index in [4.69, 9.17) is 4.74 Å². The standard InChI is InChI=1S/C22H28N2O4/c1-22(2,3)14-9-10-18(28-4)17(13-14)23-19(25)11-12-24-20(26)15-7-5-6-8-16(15)21(24)27/h5-6,9-10,13,15-16H,7-8,11-12H2,1-4H3,(H,23,25)/t15-,16+. The van der Waals surface area contributed by atoms with Crippen LogP contribution in [0.25, 0.3) is 0 Å².